The van der Waals surface area contributed by atoms with Crippen molar-refractivity contribution < 1.29 is 13.9 Å². The summed E-state index contributed by atoms with van der Waals surface area (Å²) in [6.45, 7) is 0.523. The molecule has 1 amide bonds. The molecule has 0 aliphatic carbocycles. The van der Waals surface area contributed by atoms with E-state index in [1.54, 1.807) is 19.4 Å². The van der Waals surface area contributed by atoms with Gasteiger partial charge in [0.15, 0.2) is 5.76 Å². The maximum Gasteiger partial charge on any atom is 0.252 e. The SMILES string of the molecule is COc1ccc(CCNC(=O)c2ccccc2-c2ncc(-c3ccc(Br)cc3)o2)cc1. The number of halogens is 1. The van der Waals surface area contributed by atoms with Crippen LogP contribution in [-0.2, 0) is 6.42 Å². The molecule has 0 aliphatic heterocycles. The van der Waals surface area contributed by atoms with Gasteiger partial charge in [0.1, 0.15) is 5.75 Å². The fourth-order valence-electron chi connectivity index (χ4n) is 3.22. The molecule has 4 aromatic rings. The predicted molar refractivity (Wildman–Crippen MR) is 124 cm³/mol. The van der Waals surface area contributed by atoms with Crippen molar-refractivity contribution in [3.05, 3.63) is 94.6 Å². The van der Waals surface area contributed by atoms with Crippen LogP contribution in [0.3, 0.4) is 0 Å². The second kappa shape index (κ2) is 9.62. The first-order valence-corrected chi connectivity index (χ1v) is 10.7. The standard InChI is InChI=1S/C25H21BrN2O3/c1-30-20-12-6-17(7-13-20)14-15-27-24(29)21-4-2-3-5-22(21)25-28-16-23(31-25)18-8-10-19(26)11-9-18/h2-13,16H,14-15H2,1H3,(H,27,29). The summed E-state index contributed by atoms with van der Waals surface area (Å²) in [7, 11) is 1.64. The topological polar surface area (TPSA) is 64.4 Å². The molecular formula is C25H21BrN2O3. The third-order valence-corrected chi connectivity index (χ3v) is 5.42. The third kappa shape index (κ3) is 5.03. The quantitative estimate of drug-likeness (QED) is 0.368. The summed E-state index contributed by atoms with van der Waals surface area (Å²) < 4.78 is 12.1. The molecule has 0 saturated heterocycles. The summed E-state index contributed by atoms with van der Waals surface area (Å²) in [5, 5.41) is 2.99. The number of aromatic nitrogens is 1. The number of benzene rings is 3. The second-order valence-electron chi connectivity index (χ2n) is 6.94. The molecule has 0 bridgehead atoms. The third-order valence-electron chi connectivity index (χ3n) is 4.89. The zero-order valence-electron chi connectivity index (χ0n) is 17.0. The Morgan fingerprint density at radius 1 is 1.03 bits per heavy atom. The van der Waals surface area contributed by atoms with Crippen LogP contribution in [-0.4, -0.2) is 24.5 Å². The van der Waals surface area contributed by atoms with Crippen molar-refractivity contribution in [3.8, 4) is 28.5 Å². The summed E-state index contributed by atoms with van der Waals surface area (Å²) in [4.78, 5) is 17.2. The average molecular weight is 477 g/mol. The Morgan fingerprint density at radius 2 is 1.77 bits per heavy atom. The maximum absolute atomic E-state index is 12.8. The number of rotatable bonds is 7. The van der Waals surface area contributed by atoms with Gasteiger partial charge in [0.25, 0.3) is 5.91 Å². The molecule has 1 heterocycles. The summed E-state index contributed by atoms with van der Waals surface area (Å²) in [6.07, 6.45) is 2.40. The molecule has 31 heavy (non-hydrogen) atoms. The molecule has 0 fully saturated rings. The number of carbonyl (C=O) groups excluding carboxylic acids is 1. The number of methoxy groups -OCH3 is 1. The summed E-state index contributed by atoms with van der Waals surface area (Å²) in [6, 6.07) is 22.9. The molecule has 0 aliphatic rings. The van der Waals surface area contributed by atoms with Gasteiger partial charge in [0, 0.05) is 22.1 Å². The van der Waals surface area contributed by atoms with Gasteiger partial charge in [-0.25, -0.2) is 4.98 Å². The van der Waals surface area contributed by atoms with Gasteiger partial charge in [-0.05, 0) is 48.4 Å². The lowest BCUT2D eigenvalue weighted by molar-refractivity contribution is 0.0954. The van der Waals surface area contributed by atoms with Crippen LogP contribution in [0.5, 0.6) is 5.75 Å². The van der Waals surface area contributed by atoms with Gasteiger partial charge >= 0.3 is 0 Å². The number of ether oxygens (including phenoxy) is 1. The Kier molecular flexibility index (Phi) is 6.48. The van der Waals surface area contributed by atoms with Crippen LogP contribution in [0.2, 0.25) is 0 Å². The van der Waals surface area contributed by atoms with Crippen LogP contribution in [0, 0.1) is 0 Å². The normalized spacial score (nSPS) is 10.6. The average Bonchev–Trinajstić information content (AvgIpc) is 3.30. The van der Waals surface area contributed by atoms with Crippen LogP contribution >= 0.6 is 15.9 Å². The van der Waals surface area contributed by atoms with Crippen LogP contribution in [0.1, 0.15) is 15.9 Å². The molecule has 156 valence electrons. The van der Waals surface area contributed by atoms with E-state index in [0.717, 1.165) is 27.8 Å². The van der Waals surface area contributed by atoms with Crippen molar-refractivity contribution in [1.82, 2.24) is 10.3 Å². The maximum atomic E-state index is 12.8. The number of hydrogen-bond acceptors (Lipinski definition) is 4. The Labute approximate surface area is 189 Å². The van der Waals surface area contributed by atoms with Crippen molar-refractivity contribution >= 4 is 21.8 Å². The summed E-state index contributed by atoms with van der Waals surface area (Å²) in [5.41, 5.74) is 3.24. The highest BCUT2D eigenvalue weighted by Crippen LogP contribution is 2.29. The fourth-order valence-corrected chi connectivity index (χ4v) is 3.49. The van der Waals surface area contributed by atoms with Crippen molar-refractivity contribution in [3.63, 3.8) is 0 Å². The van der Waals surface area contributed by atoms with Crippen LogP contribution in [0.4, 0.5) is 0 Å². The molecule has 0 saturated carbocycles. The van der Waals surface area contributed by atoms with Crippen LogP contribution < -0.4 is 10.1 Å². The molecule has 1 aromatic heterocycles. The van der Waals surface area contributed by atoms with Crippen molar-refractivity contribution in [2.75, 3.05) is 13.7 Å². The minimum Gasteiger partial charge on any atom is -0.497 e. The zero-order chi connectivity index (χ0) is 21.6. The number of nitrogens with one attached hydrogen (secondary N) is 1. The number of oxazole rings is 1. The van der Waals surface area contributed by atoms with E-state index in [4.69, 9.17) is 9.15 Å². The minimum atomic E-state index is -0.160. The highest BCUT2D eigenvalue weighted by molar-refractivity contribution is 9.10. The number of carbonyl (C=O) groups is 1. The molecule has 0 spiro atoms. The first-order valence-electron chi connectivity index (χ1n) is 9.86. The van der Waals surface area contributed by atoms with E-state index in [1.807, 2.05) is 66.7 Å². The van der Waals surface area contributed by atoms with Gasteiger partial charge in [0.05, 0.1) is 18.9 Å². The zero-order valence-corrected chi connectivity index (χ0v) is 18.6. The molecule has 4 rings (SSSR count). The smallest absolute Gasteiger partial charge is 0.252 e. The minimum absolute atomic E-state index is 0.160. The lowest BCUT2D eigenvalue weighted by Gasteiger charge is -2.09. The Balaban J connectivity index is 1.46. The van der Waals surface area contributed by atoms with Crippen LogP contribution in [0.15, 0.2) is 87.9 Å². The van der Waals surface area contributed by atoms with Gasteiger partial charge in [-0.15, -0.1) is 0 Å². The highest BCUT2D eigenvalue weighted by atomic mass is 79.9. The Morgan fingerprint density at radius 3 is 2.52 bits per heavy atom. The summed E-state index contributed by atoms with van der Waals surface area (Å²) >= 11 is 3.43. The van der Waals surface area contributed by atoms with E-state index in [0.29, 0.717) is 29.3 Å². The number of amides is 1. The molecule has 6 heteroatoms. The molecule has 1 N–H and O–H groups in total. The lowest BCUT2D eigenvalue weighted by atomic mass is 10.1. The van der Waals surface area contributed by atoms with Crippen LogP contribution in [0.25, 0.3) is 22.8 Å². The first kappa shape index (κ1) is 20.9. The Hall–Kier alpha value is -3.38. The van der Waals surface area contributed by atoms with E-state index in [1.165, 1.54) is 0 Å². The van der Waals surface area contributed by atoms with E-state index < -0.39 is 0 Å². The predicted octanol–water partition coefficient (Wildman–Crippen LogP) is 5.75. The van der Waals surface area contributed by atoms with Gasteiger partial charge in [-0.3, -0.25) is 4.79 Å². The fraction of sp³-hybridized carbons (Fsp3) is 0.120. The van der Waals surface area contributed by atoms with Gasteiger partial charge in [0.2, 0.25) is 5.89 Å². The highest BCUT2D eigenvalue weighted by Gasteiger charge is 2.16. The second-order valence-corrected chi connectivity index (χ2v) is 7.85. The van der Waals surface area contributed by atoms with Crippen molar-refractivity contribution in [2.45, 2.75) is 6.42 Å². The molecule has 5 nitrogen and oxygen atoms in total. The van der Waals surface area contributed by atoms with E-state index >= 15 is 0 Å². The summed E-state index contributed by atoms with van der Waals surface area (Å²) in [5.74, 6) is 1.72. The molecule has 0 radical (unpaired) electrons. The first-order chi connectivity index (χ1) is 15.1. The van der Waals surface area contributed by atoms with Crippen molar-refractivity contribution in [2.24, 2.45) is 0 Å². The molecule has 0 unspecified atom stereocenters. The largest absolute Gasteiger partial charge is 0.497 e. The van der Waals surface area contributed by atoms with E-state index in [2.05, 4.69) is 26.2 Å². The molecule has 0 atom stereocenters. The number of nitrogens with zero attached hydrogens (tertiary/aromatic N) is 1. The molecular weight excluding hydrogens is 456 g/mol. The monoisotopic (exact) mass is 476 g/mol. The number of hydrogen-bond donors (Lipinski definition) is 1. The molecule has 3 aromatic carbocycles. The van der Waals surface area contributed by atoms with Gasteiger partial charge in [-0.1, -0.05) is 52.3 Å². The Bertz CT molecular complexity index is 1170. The van der Waals surface area contributed by atoms with Gasteiger partial charge in [-0.2, -0.15) is 0 Å². The van der Waals surface area contributed by atoms with E-state index in [9.17, 15) is 4.79 Å². The van der Waals surface area contributed by atoms with Crippen molar-refractivity contribution in [1.29, 1.82) is 0 Å². The lowest BCUT2D eigenvalue weighted by Crippen LogP contribution is -2.26. The van der Waals surface area contributed by atoms with Gasteiger partial charge < -0.3 is 14.5 Å². The van der Waals surface area contributed by atoms with E-state index in [-0.39, 0.29) is 5.91 Å².